The van der Waals surface area contributed by atoms with E-state index >= 15 is 0 Å². The van der Waals surface area contributed by atoms with Gasteiger partial charge in [-0.2, -0.15) is 0 Å². The van der Waals surface area contributed by atoms with Crippen molar-refractivity contribution >= 4 is 68.4 Å². The topological polar surface area (TPSA) is 498 Å². The molecule has 4 aromatic carbocycles. The molecule has 0 spiro atoms. The van der Waals surface area contributed by atoms with E-state index in [0.29, 0.717) is 40.7 Å². The van der Waals surface area contributed by atoms with Crippen molar-refractivity contribution in [1.82, 2.24) is 21.3 Å². The highest BCUT2D eigenvalue weighted by atomic mass is 35.5. The summed E-state index contributed by atoms with van der Waals surface area (Å²) in [5.74, 6) is -5.45. The molecule has 4 amide bonds. The number of hydrogen-bond acceptors (Lipinski definition) is 26. The van der Waals surface area contributed by atoms with Crippen molar-refractivity contribution < 1.29 is 136 Å². The van der Waals surface area contributed by atoms with Crippen molar-refractivity contribution in [2.75, 3.05) is 38.2 Å². The summed E-state index contributed by atoms with van der Waals surface area (Å²) in [4.78, 5) is 97.0. The van der Waals surface area contributed by atoms with Gasteiger partial charge in [0, 0.05) is 38.8 Å². The summed E-state index contributed by atoms with van der Waals surface area (Å²) in [5, 5.41) is 105. The molecule has 33 nitrogen and oxygen atoms in total. The van der Waals surface area contributed by atoms with Crippen molar-refractivity contribution in [2.24, 2.45) is 17.6 Å². The zero-order valence-electron chi connectivity index (χ0n) is 55.9. The number of ketones is 1. The molecule has 0 bridgehead atoms. The van der Waals surface area contributed by atoms with Gasteiger partial charge in [0.15, 0.2) is 30.9 Å². The lowest BCUT2D eigenvalue weighted by Gasteiger charge is -2.46. The number of halogens is 1. The molecule has 0 unspecified atom stereocenters. The quantitative estimate of drug-likeness (QED) is 0.0141. The Kier molecular flexibility index (Phi) is 32.9. The average molecular weight is 1490 g/mol. The van der Waals surface area contributed by atoms with Gasteiger partial charge in [0.2, 0.25) is 0 Å². The third-order valence-corrected chi connectivity index (χ3v) is 19.9. The maximum atomic E-state index is 13.7. The number of carbonyl (C=O) groups excluding carboxylic acids is 5. The normalized spacial score (nSPS) is 28.6. The van der Waals surface area contributed by atoms with E-state index in [0.717, 1.165) is 0 Å². The number of alkyl carbamates (subject to hydrolysis) is 4. The molecule has 35 heteroatoms. The number of ether oxygens (including phenoxy) is 11. The molecule has 9 rings (SSSR count). The first-order valence-electron chi connectivity index (χ1n) is 33.0. The smallest absolute Gasteiger partial charge is 0.409 e. The molecule has 4 aromatic rings. The monoisotopic (exact) mass is 1490 g/mol. The number of carbonyl (C=O) groups is 8. The number of Topliss-reactive ketones (excluding diaryl/α,β-unsaturated/α-hetero) is 1. The predicted molar refractivity (Wildman–Crippen MR) is 359 cm³/mol. The number of amides is 4. The second-order valence-electron chi connectivity index (χ2n) is 24.8. The summed E-state index contributed by atoms with van der Waals surface area (Å²) in [7, 11) is -0.801. The number of hydrogen-bond donors (Lipinski definition) is 14. The molecule has 4 saturated heterocycles. The number of benzene rings is 4. The van der Waals surface area contributed by atoms with Crippen LogP contribution in [0.5, 0.6) is 0 Å². The van der Waals surface area contributed by atoms with Crippen LogP contribution in [0.15, 0.2) is 121 Å². The Morgan fingerprint density at radius 3 is 1.42 bits per heavy atom. The minimum atomic E-state index is -2.07. The fraction of sp³-hybridized carbons (Fsp3) is 0.529. The molecule has 0 aromatic heterocycles. The van der Waals surface area contributed by atoms with Gasteiger partial charge in [0.1, 0.15) is 99.6 Å². The van der Waals surface area contributed by atoms with Crippen molar-refractivity contribution in [3.63, 3.8) is 0 Å². The molecule has 1 aliphatic carbocycles. The van der Waals surface area contributed by atoms with Crippen molar-refractivity contribution in [3.8, 4) is 0 Å². The Morgan fingerprint density at radius 1 is 0.515 bits per heavy atom. The number of aliphatic hydroxyl groups excluding tert-OH is 6. The summed E-state index contributed by atoms with van der Waals surface area (Å²) < 4.78 is 65.4. The Morgan fingerprint density at radius 2 is 0.942 bits per heavy atom. The highest BCUT2D eigenvalue weighted by Gasteiger charge is 2.61. The Hall–Kier alpha value is -7.80. The first-order valence-corrected chi connectivity index (χ1v) is 34.9. The van der Waals surface area contributed by atoms with Gasteiger partial charge in [-0.25, -0.2) is 19.2 Å². The van der Waals surface area contributed by atoms with E-state index in [1.165, 1.54) is 0 Å². The lowest BCUT2D eigenvalue weighted by molar-refractivity contribution is -0.297. The van der Waals surface area contributed by atoms with Crippen molar-refractivity contribution in [2.45, 2.75) is 176 Å². The number of epoxide rings is 1. The lowest BCUT2D eigenvalue weighted by atomic mass is 9.74. The first-order chi connectivity index (χ1) is 49.0. The first kappa shape index (κ1) is 82.5. The summed E-state index contributed by atoms with van der Waals surface area (Å²) in [6.07, 6.45) is -27.1. The molecule has 15 N–H and O–H groups in total. The second-order valence-corrected chi connectivity index (χ2v) is 27.5. The minimum absolute atomic E-state index is 0. The molecule has 566 valence electrons. The third kappa shape index (κ3) is 25.2. The summed E-state index contributed by atoms with van der Waals surface area (Å²) in [5.41, 5.74) is 8.77. The SMILES string of the molecule is C[C@H]1C[C@@H](CC(=O)[C@@H](O)NC(=O)OCc2ccccc2)[C@H](O)[C@@H](O[C@@H]2O[C@H](CO)[C@@H](O[C@H]3O[C@@H](CNC(=O)OCc4ccccc4)[C@@H](O)[C@H](O)[C@H]3NC(=O)OCc3ccccc3)[C@H]2O)[C@@H]1O[C@H]1O[C@H](CN)[C@@H]2O[C@@H]2[C@H]1NC(=O)OCc1ccccc1.Cl.O=C(O)CCP(CCC(=O)O)CCC(=O)O. The highest BCUT2D eigenvalue weighted by Crippen LogP contribution is 2.43. The maximum absolute atomic E-state index is 13.7. The minimum Gasteiger partial charge on any atom is -0.481 e. The van der Waals surface area contributed by atoms with E-state index in [1.54, 1.807) is 122 Å². The van der Waals surface area contributed by atoms with Crippen LogP contribution in [0.25, 0.3) is 0 Å². The Labute approximate surface area is 599 Å². The fourth-order valence-corrected chi connectivity index (χ4v) is 14.1. The van der Waals surface area contributed by atoms with Crippen LogP contribution in [0, 0.1) is 11.8 Å². The molecule has 5 fully saturated rings. The molecule has 103 heavy (non-hydrogen) atoms. The molecule has 1 saturated carbocycles. The zero-order chi connectivity index (χ0) is 73.4. The molecule has 4 heterocycles. The van der Waals surface area contributed by atoms with Gasteiger partial charge in [-0.1, -0.05) is 128 Å². The number of nitrogens with one attached hydrogen (secondary N) is 4. The van der Waals surface area contributed by atoms with Crippen LogP contribution in [-0.2, 0) is 97.7 Å². The standard InChI is InChI=1S/C59H73N5O22.C9H15O6P.ClH/c1-31-22-36(23-37(66)52(71)64-59(75)79-30-35-20-12-5-13-21-35)43(67)51(47(31)84-54-42(50-49(83-50)38(24-60)80-54)63-58(74)78-29-34-18-10-4-11-19-34)86-55-46(70)48(40(26-65)82-55)85-53-41(62-57(73)77-28-33-16-8-3-9-17-33)45(69)44(68)39(81-53)25-61-56(72)76-27-32-14-6-2-7-15-32;10-7(11)1-4-16(5-2-8(12)13)6-3-9(14)15;/h2-21,31,36,38-55,65,67-71H,22-30,60H2,1H3,(H,61,72)(H,62,73)(H,63,74)(H,64,75);1-6H2,(H,10,11)(H,12,13)(H,14,15);1H/t31-,36-,38+,39-,40+,41+,42+,43-,44+,45+,46+,47+,48+,49-,50+,51+,52+,53+,54+,55-;;/m0../s1. The largest absolute Gasteiger partial charge is 0.481 e. The van der Waals surface area contributed by atoms with Gasteiger partial charge in [-0.05, 0) is 59.0 Å². The Balaban J connectivity index is 0.000000777. The fourth-order valence-electron chi connectivity index (χ4n) is 11.9. The van der Waals surface area contributed by atoms with E-state index < -0.39 is 198 Å². The van der Waals surface area contributed by atoms with Crippen LogP contribution in [0.4, 0.5) is 19.2 Å². The Bertz CT molecular complexity index is 3290. The maximum Gasteiger partial charge on any atom is 0.409 e. The van der Waals surface area contributed by atoms with Gasteiger partial charge in [0.05, 0.1) is 18.8 Å². The molecular formula is C68H89ClN5O28P. The van der Waals surface area contributed by atoms with Crippen LogP contribution in [-0.4, -0.2) is 243 Å². The van der Waals surface area contributed by atoms with Gasteiger partial charge in [-0.3, -0.25) is 24.5 Å². The van der Waals surface area contributed by atoms with Crippen LogP contribution in [0.2, 0.25) is 0 Å². The molecule has 0 radical (unpaired) electrons. The van der Waals surface area contributed by atoms with Crippen LogP contribution in [0.1, 0.15) is 61.3 Å². The number of rotatable bonds is 33. The second kappa shape index (κ2) is 41.0. The summed E-state index contributed by atoms with van der Waals surface area (Å²) in [6, 6.07) is 32.4. The average Bonchev–Trinajstić information content (AvgIpc) is 1.62. The molecular weight excluding hydrogens is 1400 g/mol. The third-order valence-electron chi connectivity index (χ3n) is 17.4. The van der Waals surface area contributed by atoms with Crippen molar-refractivity contribution in [3.05, 3.63) is 144 Å². The highest BCUT2D eigenvalue weighted by molar-refractivity contribution is 7.57. The van der Waals surface area contributed by atoms with Gasteiger partial charge in [0.25, 0.3) is 0 Å². The lowest BCUT2D eigenvalue weighted by Crippen LogP contribution is -2.66. The van der Waals surface area contributed by atoms with Gasteiger partial charge < -0.3 is 120 Å². The van der Waals surface area contributed by atoms with Gasteiger partial charge in [-0.15, -0.1) is 20.3 Å². The van der Waals surface area contributed by atoms with E-state index in [9.17, 15) is 69.0 Å². The van der Waals surface area contributed by atoms with Crippen molar-refractivity contribution in [1.29, 1.82) is 0 Å². The van der Waals surface area contributed by atoms with Gasteiger partial charge >= 0.3 is 42.3 Å². The molecule has 20 atom stereocenters. The zero-order valence-corrected chi connectivity index (χ0v) is 57.6. The van der Waals surface area contributed by atoms with Crippen LogP contribution in [0.3, 0.4) is 0 Å². The van der Waals surface area contributed by atoms with Crippen LogP contribution < -0.4 is 27.0 Å². The van der Waals surface area contributed by atoms with E-state index in [2.05, 4.69) is 21.3 Å². The summed E-state index contributed by atoms with van der Waals surface area (Å²) >= 11 is 0. The summed E-state index contributed by atoms with van der Waals surface area (Å²) in [6.45, 7) is -0.190. The van der Waals surface area contributed by atoms with E-state index in [-0.39, 0.29) is 71.1 Å². The number of carboxylic acid groups (broad SMARTS) is 3. The molecule has 4 aliphatic heterocycles. The number of fused-ring (bicyclic) bond motifs is 1. The number of carboxylic acids is 3. The number of nitrogens with two attached hydrogens (primary N) is 1. The molecule has 5 aliphatic rings. The number of aliphatic hydroxyl groups is 6. The van der Waals surface area contributed by atoms with Crippen LogP contribution >= 0.6 is 20.3 Å². The van der Waals surface area contributed by atoms with E-state index in [4.69, 9.17) is 73.2 Å². The van der Waals surface area contributed by atoms with E-state index in [1.807, 2.05) is 6.07 Å². The number of aliphatic carboxylic acids is 3. The predicted octanol–water partition coefficient (Wildman–Crippen LogP) is 2.17.